The van der Waals surface area contributed by atoms with Gasteiger partial charge in [-0.15, -0.1) is 0 Å². The minimum atomic E-state index is -3.90. The first-order valence-electron chi connectivity index (χ1n) is 5.93. The molecule has 106 valence electrons. The van der Waals surface area contributed by atoms with Crippen LogP contribution in [0.25, 0.3) is 0 Å². The van der Waals surface area contributed by atoms with E-state index in [2.05, 4.69) is 20.7 Å². The van der Waals surface area contributed by atoms with Crippen molar-refractivity contribution in [1.82, 2.24) is 4.72 Å². The SMILES string of the molecule is C[C@H](NS(=O)(=O)c1ccccc1F)c1ccccc1Br. The van der Waals surface area contributed by atoms with E-state index in [1.165, 1.54) is 18.2 Å². The highest BCUT2D eigenvalue weighted by Gasteiger charge is 2.22. The van der Waals surface area contributed by atoms with E-state index in [0.717, 1.165) is 16.1 Å². The summed E-state index contributed by atoms with van der Waals surface area (Å²) in [6.45, 7) is 1.71. The molecule has 20 heavy (non-hydrogen) atoms. The molecule has 2 aromatic rings. The first-order valence-corrected chi connectivity index (χ1v) is 8.21. The zero-order valence-electron chi connectivity index (χ0n) is 10.7. The monoisotopic (exact) mass is 357 g/mol. The number of nitrogens with one attached hydrogen (secondary N) is 1. The molecular formula is C14H13BrFNO2S. The lowest BCUT2D eigenvalue weighted by atomic mass is 10.1. The van der Waals surface area contributed by atoms with Crippen LogP contribution in [0.3, 0.4) is 0 Å². The van der Waals surface area contributed by atoms with Gasteiger partial charge in [-0.25, -0.2) is 17.5 Å². The average molecular weight is 358 g/mol. The lowest BCUT2D eigenvalue weighted by Gasteiger charge is -2.16. The number of benzene rings is 2. The summed E-state index contributed by atoms with van der Waals surface area (Å²) >= 11 is 3.37. The van der Waals surface area contributed by atoms with Crippen molar-refractivity contribution in [2.24, 2.45) is 0 Å². The summed E-state index contributed by atoms with van der Waals surface area (Å²) in [5, 5.41) is 0. The Morgan fingerprint density at radius 2 is 1.70 bits per heavy atom. The number of hydrogen-bond acceptors (Lipinski definition) is 2. The highest BCUT2D eigenvalue weighted by atomic mass is 79.9. The van der Waals surface area contributed by atoms with Gasteiger partial charge in [-0.1, -0.05) is 46.3 Å². The summed E-state index contributed by atoms with van der Waals surface area (Å²) in [7, 11) is -3.90. The predicted molar refractivity (Wildman–Crippen MR) is 79.3 cm³/mol. The summed E-state index contributed by atoms with van der Waals surface area (Å²) in [5.41, 5.74) is 0.785. The van der Waals surface area contributed by atoms with Crippen LogP contribution < -0.4 is 4.72 Å². The van der Waals surface area contributed by atoms with Crippen molar-refractivity contribution >= 4 is 26.0 Å². The molecule has 1 atom stereocenters. The van der Waals surface area contributed by atoms with E-state index in [-0.39, 0.29) is 4.90 Å². The van der Waals surface area contributed by atoms with E-state index < -0.39 is 21.9 Å². The maximum absolute atomic E-state index is 13.6. The number of hydrogen-bond donors (Lipinski definition) is 1. The molecule has 0 amide bonds. The van der Waals surface area contributed by atoms with Crippen molar-refractivity contribution in [1.29, 1.82) is 0 Å². The van der Waals surface area contributed by atoms with Gasteiger partial charge in [0.25, 0.3) is 0 Å². The van der Waals surface area contributed by atoms with E-state index in [1.807, 2.05) is 18.2 Å². The summed E-state index contributed by atoms with van der Waals surface area (Å²) < 4.78 is 41.2. The van der Waals surface area contributed by atoms with Crippen LogP contribution in [-0.4, -0.2) is 8.42 Å². The summed E-state index contributed by atoms with van der Waals surface area (Å²) in [5.74, 6) is -0.765. The number of rotatable bonds is 4. The Kier molecular flexibility index (Phi) is 4.57. The Morgan fingerprint density at radius 1 is 1.10 bits per heavy atom. The van der Waals surface area contributed by atoms with E-state index in [1.54, 1.807) is 13.0 Å². The van der Waals surface area contributed by atoms with Crippen molar-refractivity contribution in [2.75, 3.05) is 0 Å². The average Bonchev–Trinajstić information content (AvgIpc) is 2.38. The van der Waals surface area contributed by atoms with E-state index in [0.29, 0.717) is 0 Å². The molecule has 0 aromatic heterocycles. The molecule has 0 radical (unpaired) electrons. The van der Waals surface area contributed by atoms with Gasteiger partial charge >= 0.3 is 0 Å². The fourth-order valence-corrected chi connectivity index (χ4v) is 3.78. The standard InChI is InChI=1S/C14H13BrFNO2S/c1-10(11-6-2-3-7-12(11)15)17-20(18,19)14-9-5-4-8-13(14)16/h2-10,17H,1H3/t10-/m0/s1. The highest BCUT2D eigenvalue weighted by molar-refractivity contribution is 9.10. The van der Waals surface area contributed by atoms with Crippen LogP contribution in [0.4, 0.5) is 4.39 Å². The van der Waals surface area contributed by atoms with Gasteiger partial charge in [-0.2, -0.15) is 0 Å². The molecule has 2 rings (SSSR count). The molecule has 6 heteroatoms. The van der Waals surface area contributed by atoms with Crippen LogP contribution in [0.2, 0.25) is 0 Å². The van der Waals surface area contributed by atoms with Gasteiger partial charge < -0.3 is 0 Å². The molecule has 0 unspecified atom stereocenters. The van der Waals surface area contributed by atoms with Crippen LogP contribution in [0, 0.1) is 5.82 Å². The molecule has 0 saturated heterocycles. The van der Waals surface area contributed by atoms with Crippen molar-refractivity contribution in [2.45, 2.75) is 17.9 Å². The normalized spacial score (nSPS) is 13.2. The molecule has 0 aliphatic rings. The van der Waals surface area contributed by atoms with Gasteiger partial charge in [-0.05, 0) is 30.7 Å². The minimum Gasteiger partial charge on any atom is -0.207 e. The van der Waals surface area contributed by atoms with Crippen LogP contribution in [0.15, 0.2) is 57.9 Å². The molecule has 0 saturated carbocycles. The first kappa shape index (κ1) is 15.2. The smallest absolute Gasteiger partial charge is 0.207 e. The molecular weight excluding hydrogens is 345 g/mol. The number of sulfonamides is 1. The Labute approximate surface area is 126 Å². The summed E-state index contributed by atoms with van der Waals surface area (Å²) in [6, 6.07) is 12.1. The van der Waals surface area contributed by atoms with Crippen molar-refractivity contribution in [3.05, 3.63) is 64.4 Å². The van der Waals surface area contributed by atoms with Crippen molar-refractivity contribution in [3.63, 3.8) is 0 Å². The third kappa shape index (κ3) is 3.26. The zero-order chi connectivity index (χ0) is 14.8. The molecule has 0 bridgehead atoms. The van der Waals surface area contributed by atoms with Gasteiger partial charge in [-0.3, -0.25) is 0 Å². The van der Waals surface area contributed by atoms with Crippen LogP contribution in [0.1, 0.15) is 18.5 Å². The molecule has 1 N–H and O–H groups in total. The Hall–Kier alpha value is -1.24. The third-order valence-electron chi connectivity index (χ3n) is 2.83. The molecule has 3 nitrogen and oxygen atoms in total. The molecule has 0 aliphatic carbocycles. The van der Waals surface area contributed by atoms with Gasteiger partial charge in [0.15, 0.2) is 0 Å². The zero-order valence-corrected chi connectivity index (χ0v) is 13.1. The van der Waals surface area contributed by atoms with Gasteiger partial charge in [0.1, 0.15) is 10.7 Å². The third-order valence-corrected chi connectivity index (χ3v) is 5.13. The van der Waals surface area contributed by atoms with E-state index in [4.69, 9.17) is 0 Å². The molecule has 2 aromatic carbocycles. The summed E-state index contributed by atoms with van der Waals surface area (Å²) in [4.78, 5) is -0.348. The minimum absolute atomic E-state index is 0.348. The predicted octanol–water partition coefficient (Wildman–Crippen LogP) is 3.63. The second-order valence-electron chi connectivity index (χ2n) is 4.29. The molecule has 0 spiro atoms. The maximum atomic E-state index is 13.6. The molecule has 0 fully saturated rings. The van der Waals surface area contributed by atoms with Gasteiger partial charge in [0.2, 0.25) is 10.0 Å². The maximum Gasteiger partial charge on any atom is 0.244 e. The fourth-order valence-electron chi connectivity index (χ4n) is 1.85. The van der Waals surface area contributed by atoms with Gasteiger partial charge in [0, 0.05) is 10.5 Å². The largest absolute Gasteiger partial charge is 0.244 e. The molecule has 0 aliphatic heterocycles. The van der Waals surface area contributed by atoms with Crippen LogP contribution in [0.5, 0.6) is 0 Å². The summed E-state index contributed by atoms with van der Waals surface area (Å²) in [6.07, 6.45) is 0. The Bertz CT molecular complexity index is 719. The highest BCUT2D eigenvalue weighted by Crippen LogP contribution is 2.24. The van der Waals surface area contributed by atoms with E-state index >= 15 is 0 Å². The topological polar surface area (TPSA) is 46.2 Å². The second kappa shape index (κ2) is 6.03. The van der Waals surface area contributed by atoms with Crippen molar-refractivity contribution < 1.29 is 12.8 Å². The Balaban J connectivity index is 2.30. The lowest BCUT2D eigenvalue weighted by molar-refractivity contribution is 0.546. The van der Waals surface area contributed by atoms with Crippen LogP contribution >= 0.6 is 15.9 Å². The fraction of sp³-hybridized carbons (Fsp3) is 0.143. The van der Waals surface area contributed by atoms with Crippen LogP contribution in [-0.2, 0) is 10.0 Å². The molecule has 0 heterocycles. The van der Waals surface area contributed by atoms with Gasteiger partial charge in [0.05, 0.1) is 0 Å². The quantitative estimate of drug-likeness (QED) is 0.907. The van der Waals surface area contributed by atoms with Crippen molar-refractivity contribution in [3.8, 4) is 0 Å². The Morgan fingerprint density at radius 3 is 2.35 bits per heavy atom. The number of halogens is 2. The second-order valence-corrected chi connectivity index (χ2v) is 6.83. The van der Waals surface area contributed by atoms with E-state index in [9.17, 15) is 12.8 Å². The lowest BCUT2D eigenvalue weighted by Crippen LogP contribution is -2.27. The first-order chi connectivity index (χ1) is 9.42.